The summed E-state index contributed by atoms with van der Waals surface area (Å²) in [5.41, 5.74) is 0. The summed E-state index contributed by atoms with van der Waals surface area (Å²) in [5.74, 6) is 0. The van der Waals surface area contributed by atoms with Crippen molar-refractivity contribution < 1.29 is 13.2 Å². The lowest BCUT2D eigenvalue weighted by atomic mass is 10.2. The summed E-state index contributed by atoms with van der Waals surface area (Å²) in [5, 5.41) is 0. The molecule has 2 bridgehead atoms. The van der Waals surface area contributed by atoms with Crippen LogP contribution in [0, 0.1) is 0 Å². The standard InChI is InChI=1S/C6H10ClNO3S/c7-12(9,10)8-3-5-1-2-6(4-8)11-5/h5-6H,1-4H2. The molecule has 2 unspecified atom stereocenters. The van der Waals surface area contributed by atoms with Gasteiger partial charge in [0.15, 0.2) is 0 Å². The second-order valence-corrected chi connectivity index (χ2v) is 5.73. The Kier molecular flexibility index (Phi) is 2.07. The minimum absolute atomic E-state index is 0.0669. The first kappa shape index (κ1) is 8.74. The Morgan fingerprint density at radius 3 is 2.17 bits per heavy atom. The molecule has 2 aliphatic heterocycles. The molecule has 2 aliphatic rings. The molecule has 0 aliphatic carbocycles. The Hall–Kier alpha value is 0.160. The highest BCUT2D eigenvalue weighted by Gasteiger charge is 2.37. The van der Waals surface area contributed by atoms with Crippen LogP contribution in [0.1, 0.15) is 12.8 Å². The highest BCUT2D eigenvalue weighted by Crippen LogP contribution is 2.28. The molecular formula is C6H10ClNO3S. The number of morpholine rings is 1. The third-order valence-corrected chi connectivity index (χ3v) is 3.82. The van der Waals surface area contributed by atoms with Crippen LogP contribution in [-0.4, -0.2) is 38.0 Å². The van der Waals surface area contributed by atoms with E-state index in [4.69, 9.17) is 15.4 Å². The summed E-state index contributed by atoms with van der Waals surface area (Å²) in [6.07, 6.45) is 2.04. The Labute approximate surface area is 76.0 Å². The fourth-order valence-corrected chi connectivity index (χ4v) is 2.78. The van der Waals surface area contributed by atoms with Gasteiger partial charge >= 0.3 is 0 Å². The highest BCUT2D eigenvalue weighted by molar-refractivity contribution is 8.11. The number of hydrogen-bond donors (Lipinski definition) is 0. The summed E-state index contributed by atoms with van der Waals surface area (Å²) in [4.78, 5) is 0. The summed E-state index contributed by atoms with van der Waals surface area (Å²) in [6.45, 7) is 0.838. The van der Waals surface area contributed by atoms with Crippen LogP contribution in [0.25, 0.3) is 0 Å². The van der Waals surface area contributed by atoms with Crippen LogP contribution >= 0.6 is 10.7 Å². The van der Waals surface area contributed by atoms with Gasteiger partial charge in [-0.3, -0.25) is 0 Å². The molecule has 0 N–H and O–H groups in total. The van der Waals surface area contributed by atoms with Gasteiger partial charge in [-0.05, 0) is 12.8 Å². The van der Waals surface area contributed by atoms with E-state index >= 15 is 0 Å². The van der Waals surface area contributed by atoms with Crippen LogP contribution < -0.4 is 0 Å². The molecule has 0 aromatic carbocycles. The van der Waals surface area contributed by atoms with E-state index in [-0.39, 0.29) is 12.2 Å². The summed E-state index contributed by atoms with van der Waals surface area (Å²) in [7, 11) is 1.69. The highest BCUT2D eigenvalue weighted by atomic mass is 35.7. The van der Waals surface area contributed by atoms with Gasteiger partial charge in [0.25, 0.3) is 9.24 Å². The monoisotopic (exact) mass is 211 g/mol. The van der Waals surface area contributed by atoms with Gasteiger partial charge in [-0.25, -0.2) is 0 Å². The molecule has 2 saturated heterocycles. The Morgan fingerprint density at radius 2 is 1.75 bits per heavy atom. The lowest BCUT2D eigenvalue weighted by molar-refractivity contribution is -0.0107. The van der Waals surface area contributed by atoms with E-state index in [0.717, 1.165) is 12.8 Å². The normalized spacial score (nSPS) is 37.1. The maximum absolute atomic E-state index is 10.9. The molecule has 0 spiro atoms. The van der Waals surface area contributed by atoms with Gasteiger partial charge in [-0.15, -0.1) is 0 Å². The predicted octanol–water partition coefficient (Wildman–Crippen LogP) is 0.333. The van der Waals surface area contributed by atoms with Crippen molar-refractivity contribution in [3.05, 3.63) is 0 Å². The average Bonchev–Trinajstić information content (AvgIpc) is 2.28. The second kappa shape index (κ2) is 2.83. The Bertz CT molecular complexity index is 267. The van der Waals surface area contributed by atoms with E-state index in [9.17, 15) is 8.42 Å². The first-order valence-corrected chi connectivity index (χ1v) is 6.17. The van der Waals surface area contributed by atoms with Crippen molar-refractivity contribution in [2.24, 2.45) is 0 Å². The largest absolute Gasteiger partial charge is 0.372 e. The van der Waals surface area contributed by atoms with Crippen molar-refractivity contribution in [2.75, 3.05) is 13.1 Å². The number of ether oxygens (including phenoxy) is 1. The van der Waals surface area contributed by atoms with Crippen LogP contribution in [-0.2, 0) is 14.0 Å². The summed E-state index contributed by atoms with van der Waals surface area (Å²) < 4.78 is 28.6. The third-order valence-electron chi connectivity index (χ3n) is 2.32. The van der Waals surface area contributed by atoms with Crippen molar-refractivity contribution in [3.63, 3.8) is 0 Å². The Balaban J connectivity index is 2.13. The zero-order chi connectivity index (χ0) is 8.77. The smallest absolute Gasteiger partial charge is 0.299 e. The number of hydrogen-bond acceptors (Lipinski definition) is 3. The van der Waals surface area contributed by atoms with Crippen molar-refractivity contribution in [3.8, 4) is 0 Å². The van der Waals surface area contributed by atoms with Crippen LogP contribution in [0.3, 0.4) is 0 Å². The number of nitrogens with zero attached hydrogens (tertiary/aromatic N) is 1. The Morgan fingerprint density at radius 1 is 1.25 bits per heavy atom. The van der Waals surface area contributed by atoms with Crippen LogP contribution in [0.5, 0.6) is 0 Å². The molecule has 0 aromatic rings. The van der Waals surface area contributed by atoms with Gasteiger partial charge in [0.2, 0.25) is 0 Å². The zero-order valence-electron chi connectivity index (χ0n) is 6.44. The fraction of sp³-hybridized carbons (Fsp3) is 1.00. The maximum atomic E-state index is 10.9. The minimum atomic E-state index is -3.53. The van der Waals surface area contributed by atoms with E-state index in [1.165, 1.54) is 4.31 Å². The van der Waals surface area contributed by atoms with Gasteiger partial charge in [0.05, 0.1) is 12.2 Å². The predicted molar refractivity (Wildman–Crippen MR) is 44.2 cm³/mol. The molecule has 0 radical (unpaired) electrons. The van der Waals surface area contributed by atoms with E-state index < -0.39 is 9.24 Å². The van der Waals surface area contributed by atoms with E-state index in [1.807, 2.05) is 0 Å². The zero-order valence-corrected chi connectivity index (χ0v) is 8.01. The maximum Gasteiger partial charge on any atom is 0.299 e. The fourth-order valence-electron chi connectivity index (χ4n) is 1.76. The molecule has 2 heterocycles. The number of fused-ring (bicyclic) bond motifs is 2. The van der Waals surface area contributed by atoms with E-state index in [1.54, 1.807) is 0 Å². The first-order valence-electron chi connectivity index (χ1n) is 3.91. The van der Waals surface area contributed by atoms with Crippen LogP contribution in [0.15, 0.2) is 0 Å². The quantitative estimate of drug-likeness (QED) is 0.588. The van der Waals surface area contributed by atoms with Crippen molar-refractivity contribution >= 4 is 19.9 Å². The molecule has 2 fully saturated rings. The molecule has 0 saturated carbocycles. The molecule has 0 aromatic heterocycles. The molecule has 2 rings (SSSR count). The first-order chi connectivity index (χ1) is 5.55. The topological polar surface area (TPSA) is 46.6 Å². The van der Waals surface area contributed by atoms with Crippen LogP contribution in [0.4, 0.5) is 0 Å². The number of halogens is 1. The average molecular weight is 212 g/mol. The van der Waals surface area contributed by atoms with Gasteiger partial charge in [-0.2, -0.15) is 12.7 Å². The molecule has 12 heavy (non-hydrogen) atoms. The molecular weight excluding hydrogens is 202 g/mol. The van der Waals surface area contributed by atoms with Crippen molar-refractivity contribution in [1.29, 1.82) is 0 Å². The van der Waals surface area contributed by atoms with Crippen molar-refractivity contribution in [1.82, 2.24) is 4.31 Å². The van der Waals surface area contributed by atoms with Gasteiger partial charge in [0, 0.05) is 23.8 Å². The van der Waals surface area contributed by atoms with Gasteiger partial charge < -0.3 is 4.74 Å². The van der Waals surface area contributed by atoms with Gasteiger partial charge in [0.1, 0.15) is 0 Å². The molecule has 70 valence electrons. The SMILES string of the molecule is O=S(=O)(Cl)N1CC2CCC(C1)O2. The second-order valence-electron chi connectivity index (χ2n) is 3.22. The molecule has 6 heteroatoms. The van der Waals surface area contributed by atoms with Crippen LogP contribution in [0.2, 0.25) is 0 Å². The minimum Gasteiger partial charge on any atom is -0.372 e. The number of rotatable bonds is 1. The lowest BCUT2D eigenvalue weighted by Crippen LogP contribution is -2.43. The third kappa shape index (κ3) is 1.59. The molecule has 0 amide bonds. The van der Waals surface area contributed by atoms with Gasteiger partial charge in [-0.1, -0.05) is 0 Å². The summed E-state index contributed by atoms with van der Waals surface area (Å²) in [6, 6.07) is 0. The molecule has 2 atom stereocenters. The molecule has 4 nitrogen and oxygen atoms in total. The van der Waals surface area contributed by atoms with E-state index in [2.05, 4.69) is 0 Å². The van der Waals surface area contributed by atoms with E-state index in [0.29, 0.717) is 13.1 Å². The lowest BCUT2D eigenvalue weighted by Gasteiger charge is -2.28. The summed E-state index contributed by atoms with van der Waals surface area (Å²) >= 11 is 0. The van der Waals surface area contributed by atoms with Crippen molar-refractivity contribution in [2.45, 2.75) is 25.0 Å².